The summed E-state index contributed by atoms with van der Waals surface area (Å²) in [6.45, 7) is 0.356. The molecule has 0 aliphatic heterocycles. The van der Waals surface area contributed by atoms with E-state index in [0.717, 1.165) is 5.56 Å². The number of rotatable bonds is 8. The van der Waals surface area contributed by atoms with Crippen molar-refractivity contribution in [2.45, 2.75) is 11.3 Å². The zero-order valence-electron chi connectivity index (χ0n) is 15.4. The van der Waals surface area contributed by atoms with Crippen LogP contribution in [-0.4, -0.2) is 26.1 Å². The molecular formula is C21H20N2O5S. The molecule has 0 amide bonds. The Kier molecular flexibility index (Phi) is 6.36. The molecule has 150 valence electrons. The molecule has 0 fully saturated rings. The Balaban J connectivity index is 1.62. The molecule has 0 spiro atoms. The van der Waals surface area contributed by atoms with E-state index >= 15 is 0 Å². The van der Waals surface area contributed by atoms with Crippen LogP contribution in [-0.2, 0) is 16.5 Å². The highest BCUT2D eigenvalue weighted by Crippen LogP contribution is 2.23. The lowest BCUT2D eigenvalue weighted by atomic mass is 10.1. The Bertz CT molecular complexity index is 1100. The summed E-state index contributed by atoms with van der Waals surface area (Å²) >= 11 is 0. The smallest absolute Gasteiger partial charge is 0.339 e. The van der Waals surface area contributed by atoms with Crippen LogP contribution in [0.15, 0.2) is 88.9 Å². The fraction of sp³-hybridized carbons (Fsp3) is 0.0952. The van der Waals surface area contributed by atoms with Crippen LogP contribution in [0.3, 0.4) is 0 Å². The van der Waals surface area contributed by atoms with Crippen LogP contribution in [0.25, 0.3) is 0 Å². The Morgan fingerprint density at radius 3 is 2.41 bits per heavy atom. The molecule has 0 unspecified atom stereocenters. The maximum atomic E-state index is 12.3. The van der Waals surface area contributed by atoms with E-state index < -0.39 is 10.1 Å². The summed E-state index contributed by atoms with van der Waals surface area (Å²) in [5, 5.41) is 11.8. The van der Waals surface area contributed by atoms with Crippen molar-refractivity contribution in [2.75, 3.05) is 6.61 Å². The van der Waals surface area contributed by atoms with Gasteiger partial charge in [-0.05, 0) is 35.9 Å². The number of hydrogen-bond acceptors (Lipinski definition) is 6. The average Bonchev–Trinajstić information content (AvgIpc) is 2.74. The summed E-state index contributed by atoms with van der Waals surface area (Å²) in [5.41, 5.74) is 7.17. The zero-order chi connectivity index (χ0) is 20.7. The molecular weight excluding hydrogens is 392 g/mol. The fourth-order valence-electron chi connectivity index (χ4n) is 2.61. The van der Waals surface area contributed by atoms with Crippen molar-refractivity contribution in [3.05, 3.63) is 90.0 Å². The van der Waals surface area contributed by atoms with Gasteiger partial charge in [0.05, 0.1) is 6.61 Å². The highest BCUT2D eigenvalue weighted by Gasteiger charge is 2.16. The van der Waals surface area contributed by atoms with Crippen molar-refractivity contribution in [1.29, 1.82) is 0 Å². The zero-order valence-corrected chi connectivity index (χ0v) is 16.2. The van der Waals surface area contributed by atoms with Gasteiger partial charge in [-0.25, -0.2) is 0 Å². The van der Waals surface area contributed by atoms with E-state index in [0.29, 0.717) is 24.3 Å². The lowest BCUT2D eigenvalue weighted by Gasteiger charge is -2.10. The molecule has 3 N–H and O–H groups in total. The molecule has 0 heterocycles. The normalized spacial score (nSPS) is 11.8. The second kappa shape index (κ2) is 9.11. The summed E-state index contributed by atoms with van der Waals surface area (Å²) < 4.78 is 35.5. The molecule has 0 aliphatic rings. The highest BCUT2D eigenvalue weighted by atomic mass is 32.2. The maximum Gasteiger partial charge on any atom is 0.339 e. The van der Waals surface area contributed by atoms with E-state index in [4.69, 9.17) is 19.9 Å². The fourth-order valence-corrected chi connectivity index (χ4v) is 3.55. The third-order valence-corrected chi connectivity index (χ3v) is 5.29. The van der Waals surface area contributed by atoms with E-state index in [2.05, 4.69) is 5.16 Å². The number of hydrogen-bond donors (Lipinski definition) is 2. The minimum atomic E-state index is -3.91. The molecule has 0 saturated heterocycles. The van der Waals surface area contributed by atoms with Crippen molar-refractivity contribution < 1.29 is 22.5 Å². The number of nitrogens with two attached hydrogens (primary N) is 1. The van der Waals surface area contributed by atoms with Crippen LogP contribution in [0, 0.1) is 0 Å². The van der Waals surface area contributed by atoms with Gasteiger partial charge in [-0.1, -0.05) is 47.6 Å². The van der Waals surface area contributed by atoms with E-state index in [1.807, 2.05) is 18.2 Å². The van der Waals surface area contributed by atoms with Crippen molar-refractivity contribution in [3.8, 4) is 11.5 Å². The number of amidine groups is 1. The second-order valence-corrected chi connectivity index (χ2v) is 7.66. The van der Waals surface area contributed by atoms with Crippen LogP contribution in [0.1, 0.15) is 11.1 Å². The summed E-state index contributed by atoms with van der Waals surface area (Å²) in [7, 11) is -3.91. The maximum absolute atomic E-state index is 12.3. The van der Waals surface area contributed by atoms with Crippen LogP contribution in [0.4, 0.5) is 0 Å². The summed E-state index contributed by atoms with van der Waals surface area (Å²) in [6, 6.07) is 21.6. The van der Waals surface area contributed by atoms with Gasteiger partial charge in [0.25, 0.3) is 0 Å². The molecule has 0 aliphatic carbocycles. The lowest BCUT2D eigenvalue weighted by Crippen LogP contribution is -2.13. The van der Waals surface area contributed by atoms with Crippen LogP contribution >= 0.6 is 0 Å². The van der Waals surface area contributed by atoms with Gasteiger partial charge in [0.1, 0.15) is 16.4 Å². The Hall–Kier alpha value is -3.52. The molecule has 8 heteroatoms. The van der Waals surface area contributed by atoms with E-state index in [1.165, 1.54) is 18.2 Å². The standard InChI is InChI=1S/C21H20N2O5S/c22-21(23-24)17-7-4-6-16(14-17)12-13-27-18-8-5-9-19(15-18)28-29(25,26)20-10-2-1-3-11-20/h1-11,14-15,24H,12-13H2,(H2,22,23). The van der Waals surface area contributed by atoms with Crippen LogP contribution in [0.2, 0.25) is 0 Å². The van der Waals surface area contributed by atoms with Gasteiger partial charge in [0.15, 0.2) is 5.84 Å². The molecule has 3 aromatic carbocycles. The van der Waals surface area contributed by atoms with Crippen LogP contribution in [0.5, 0.6) is 11.5 Å². The van der Waals surface area contributed by atoms with Gasteiger partial charge in [0, 0.05) is 18.1 Å². The molecule has 0 aromatic heterocycles. The van der Waals surface area contributed by atoms with Crippen molar-refractivity contribution >= 4 is 16.0 Å². The predicted octanol–water partition coefficient (Wildman–Crippen LogP) is 3.17. The van der Waals surface area contributed by atoms with Gasteiger partial charge >= 0.3 is 10.1 Å². The van der Waals surface area contributed by atoms with E-state index in [9.17, 15) is 8.42 Å². The molecule has 3 rings (SSSR count). The highest BCUT2D eigenvalue weighted by molar-refractivity contribution is 7.87. The Labute approximate surface area is 169 Å². The van der Waals surface area contributed by atoms with Gasteiger partial charge in [0.2, 0.25) is 0 Å². The molecule has 0 radical (unpaired) electrons. The summed E-state index contributed by atoms with van der Waals surface area (Å²) in [6.07, 6.45) is 0.583. The monoisotopic (exact) mass is 412 g/mol. The largest absolute Gasteiger partial charge is 0.493 e. The first kappa shape index (κ1) is 20.2. The first-order valence-electron chi connectivity index (χ1n) is 8.77. The minimum absolute atomic E-state index is 0.0391. The molecule has 7 nitrogen and oxygen atoms in total. The first-order chi connectivity index (χ1) is 14.0. The Morgan fingerprint density at radius 2 is 1.66 bits per heavy atom. The van der Waals surface area contributed by atoms with Crippen LogP contribution < -0.4 is 14.7 Å². The van der Waals surface area contributed by atoms with Crippen molar-refractivity contribution in [2.24, 2.45) is 10.9 Å². The molecule has 3 aromatic rings. The first-order valence-corrected chi connectivity index (χ1v) is 10.2. The third kappa shape index (κ3) is 5.49. The van der Waals surface area contributed by atoms with Gasteiger partial charge in [-0.3, -0.25) is 0 Å². The number of ether oxygens (including phenoxy) is 1. The SMILES string of the molecule is NC(=NO)c1cccc(CCOc2cccc(OS(=O)(=O)c3ccccc3)c2)c1. The molecule has 29 heavy (non-hydrogen) atoms. The predicted molar refractivity (Wildman–Crippen MR) is 109 cm³/mol. The Morgan fingerprint density at radius 1 is 0.931 bits per heavy atom. The van der Waals surface area contributed by atoms with E-state index in [1.54, 1.807) is 42.5 Å². The molecule has 0 saturated carbocycles. The summed E-state index contributed by atoms with van der Waals surface area (Å²) in [5.74, 6) is 0.691. The van der Waals surface area contributed by atoms with Gasteiger partial charge < -0.3 is 19.9 Å². The van der Waals surface area contributed by atoms with Crippen molar-refractivity contribution in [1.82, 2.24) is 0 Å². The lowest BCUT2D eigenvalue weighted by molar-refractivity contribution is 0.318. The summed E-state index contributed by atoms with van der Waals surface area (Å²) in [4.78, 5) is 0.0805. The number of nitrogens with zero attached hydrogens (tertiary/aromatic N) is 1. The molecule has 0 bridgehead atoms. The third-order valence-electron chi connectivity index (χ3n) is 4.03. The number of oxime groups is 1. The molecule has 0 atom stereocenters. The number of benzene rings is 3. The second-order valence-electron chi connectivity index (χ2n) is 6.11. The van der Waals surface area contributed by atoms with Gasteiger partial charge in [-0.2, -0.15) is 8.42 Å². The minimum Gasteiger partial charge on any atom is -0.493 e. The van der Waals surface area contributed by atoms with Crippen molar-refractivity contribution in [3.63, 3.8) is 0 Å². The topological polar surface area (TPSA) is 111 Å². The quantitative estimate of drug-likeness (QED) is 0.193. The van der Waals surface area contributed by atoms with Gasteiger partial charge in [-0.15, -0.1) is 0 Å². The van der Waals surface area contributed by atoms with E-state index in [-0.39, 0.29) is 16.5 Å². The average molecular weight is 412 g/mol.